The van der Waals surface area contributed by atoms with Gasteiger partial charge in [0.1, 0.15) is 24.4 Å². The van der Waals surface area contributed by atoms with Gasteiger partial charge in [0.25, 0.3) is 0 Å². The highest BCUT2D eigenvalue weighted by Gasteiger charge is 2.31. The SMILES string of the molecule is COCC(O)C(O)C(OC)C(O)CO. The van der Waals surface area contributed by atoms with Crippen molar-refractivity contribution in [3.63, 3.8) is 0 Å². The molecule has 0 spiro atoms. The van der Waals surface area contributed by atoms with Crippen molar-refractivity contribution in [1.82, 2.24) is 0 Å². The van der Waals surface area contributed by atoms with Gasteiger partial charge in [-0.2, -0.15) is 0 Å². The van der Waals surface area contributed by atoms with E-state index in [2.05, 4.69) is 4.74 Å². The third-order valence-corrected chi connectivity index (χ3v) is 1.91. The van der Waals surface area contributed by atoms with Gasteiger partial charge in [-0.3, -0.25) is 0 Å². The van der Waals surface area contributed by atoms with Crippen molar-refractivity contribution in [1.29, 1.82) is 0 Å². The van der Waals surface area contributed by atoms with Crippen LogP contribution in [0.2, 0.25) is 0 Å². The molecule has 0 aromatic carbocycles. The van der Waals surface area contributed by atoms with Crippen LogP contribution in [0, 0.1) is 0 Å². The van der Waals surface area contributed by atoms with Crippen LogP contribution in [0.3, 0.4) is 0 Å². The fourth-order valence-electron chi connectivity index (χ4n) is 1.12. The standard InChI is InChI=1S/C8H18O6/c1-13-4-6(11)7(12)8(14-2)5(10)3-9/h5-12H,3-4H2,1-2H3. The molecule has 0 rings (SSSR count). The maximum Gasteiger partial charge on any atom is 0.114 e. The maximum absolute atomic E-state index is 9.48. The molecule has 6 heteroatoms. The lowest BCUT2D eigenvalue weighted by molar-refractivity contribution is -0.139. The minimum atomic E-state index is -1.30. The molecule has 14 heavy (non-hydrogen) atoms. The Morgan fingerprint density at radius 1 is 1.07 bits per heavy atom. The molecular weight excluding hydrogens is 192 g/mol. The van der Waals surface area contributed by atoms with E-state index in [0.717, 1.165) is 0 Å². The molecule has 0 aromatic rings. The highest BCUT2D eigenvalue weighted by molar-refractivity contribution is 4.81. The van der Waals surface area contributed by atoms with Crippen LogP contribution in [0.15, 0.2) is 0 Å². The predicted molar refractivity (Wildman–Crippen MR) is 47.8 cm³/mol. The summed E-state index contributed by atoms with van der Waals surface area (Å²) in [5.74, 6) is 0. The zero-order chi connectivity index (χ0) is 11.1. The van der Waals surface area contributed by atoms with Gasteiger partial charge < -0.3 is 29.9 Å². The molecule has 0 aliphatic carbocycles. The quantitative estimate of drug-likeness (QED) is 0.378. The van der Waals surface area contributed by atoms with Gasteiger partial charge in [0, 0.05) is 14.2 Å². The Balaban J connectivity index is 4.21. The topological polar surface area (TPSA) is 99.4 Å². The summed E-state index contributed by atoms with van der Waals surface area (Å²) >= 11 is 0. The predicted octanol–water partition coefficient (Wildman–Crippen LogP) is -2.28. The molecule has 0 saturated carbocycles. The Hall–Kier alpha value is -0.240. The molecule has 0 radical (unpaired) electrons. The van der Waals surface area contributed by atoms with E-state index in [1.165, 1.54) is 14.2 Å². The van der Waals surface area contributed by atoms with E-state index in [1.807, 2.05) is 0 Å². The van der Waals surface area contributed by atoms with Crippen LogP contribution in [0.25, 0.3) is 0 Å². The van der Waals surface area contributed by atoms with Gasteiger partial charge in [-0.1, -0.05) is 0 Å². The Morgan fingerprint density at radius 3 is 2.00 bits per heavy atom. The highest BCUT2D eigenvalue weighted by Crippen LogP contribution is 2.08. The number of methoxy groups -OCH3 is 2. The largest absolute Gasteiger partial charge is 0.394 e. The first-order valence-corrected chi connectivity index (χ1v) is 4.25. The lowest BCUT2D eigenvalue weighted by Gasteiger charge is -2.28. The number of rotatable bonds is 7. The summed E-state index contributed by atoms with van der Waals surface area (Å²) in [6.45, 7) is -0.617. The van der Waals surface area contributed by atoms with E-state index in [0.29, 0.717) is 0 Å². The van der Waals surface area contributed by atoms with Crippen molar-refractivity contribution in [3.05, 3.63) is 0 Å². The second kappa shape index (κ2) is 7.10. The summed E-state index contributed by atoms with van der Waals surface area (Å²) < 4.78 is 9.38. The van der Waals surface area contributed by atoms with E-state index in [9.17, 15) is 15.3 Å². The van der Waals surface area contributed by atoms with Crippen LogP contribution in [0.4, 0.5) is 0 Å². The minimum Gasteiger partial charge on any atom is -0.394 e. The zero-order valence-electron chi connectivity index (χ0n) is 8.33. The molecule has 0 aliphatic heterocycles. The fraction of sp³-hybridized carbons (Fsp3) is 1.00. The van der Waals surface area contributed by atoms with Gasteiger partial charge in [-0.15, -0.1) is 0 Å². The normalized spacial score (nSPS) is 20.1. The third-order valence-electron chi connectivity index (χ3n) is 1.91. The average Bonchev–Trinajstić information content (AvgIpc) is 2.18. The Kier molecular flexibility index (Phi) is 6.98. The molecule has 0 saturated heterocycles. The molecule has 4 N–H and O–H groups in total. The van der Waals surface area contributed by atoms with Gasteiger partial charge >= 0.3 is 0 Å². The first-order chi connectivity index (χ1) is 6.58. The summed E-state index contributed by atoms with van der Waals surface area (Å²) in [7, 11) is 2.65. The summed E-state index contributed by atoms with van der Waals surface area (Å²) in [4.78, 5) is 0. The summed E-state index contributed by atoms with van der Waals surface area (Å²) in [6, 6.07) is 0. The molecule has 0 aromatic heterocycles. The number of hydrogen-bond acceptors (Lipinski definition) is 6. The highest BCUT2D eigenvalue weighted by atomic mass is 16.5. The van der Waals surface area contributed by atoms with Crippen LogP contribution in [0.1, 0.15) is 0 Å². The third kappa shape index (κ3) is 3.87. The smallest absolute Gasteiger partial charge is 0.114 e. The van der Waals surface area contributed by atoms with Crippen molar-refractivity contribution in [2.75, 3.05) is 27.4 Å². The van der Waals surface area contributed by atoms with Crippen LogP contribution in [-0.4, -0.2) is 72.3 Å². The number of aliphatic hydroxyl groups is 4. The molecule has 0 fully saturated rings. The average molecular weight is 210 g/mol. The van der Waals surface area contributed by atoms with Gasteiger partial charge in [-0.05, 0) is 0 Å². The Bertz CT molecular complexity index is 142. The van der Waals surface area contributed by atoms with E-state index in [-0.39, 0.29) is 6.61 Å². The van der Waals surface area contributed by atoms with Crippen molar-refractivity contribution >= 4 is 0 Å². The summed E-state index contributed by atoms with van der Waals surface area (Å²) in [5.41, 5.74) is 0. The molecule has 0 bridgehead atoms. The monoisotopic (exact) mass is 210 g/mol. The molecule has 86 valence electrons. The fourth-order valence-corrected chi connectivity index (χ4v) is 1.12. The van der Waals surface area contributed by atoms with Crippen molar-refractivity contribution < 1.29 is 29.9 Å². The Morgan fingerprint density at radius 2 is 1.64 bits per heavy atom. The molecule has 0 heterocycles. The number of ether oxygens (including phenoxy) is 2. The summed E-state index contributed by atoms with van der Waals surface area (Å²) in [6.07, 6.45) is -4.74. The van der Waals surface area contributed by atoms with Crippen molar-refractivity contribution in [2.45, 2.75) is 24.4 Å². The molecular formula is C8H18O6. The van der Waals surface area contributed by atoms with Crippen LogP contribution >= 0.6 is 0 Å². The lowest BCUT2D eigenvalue weighted by Crippen LogP contribution is -2.48. The van der Waals surface area contributed by atoms with E-state index >= 15 is 0 Å². The van der Waals surface area contributed by atoms with Gasteiger partial charge in [0.2, 0.25) is 0 Å². The molecule has 4 atom stereocenters. The van der Waals surface area contributed by atoms with Gasteiger partial charge in [-0.25, -0.2) is 0 Å². The van der Waals surface area contributed by atoms with Crippen LogP contribution < -0.4 is 0 Å². The molecule has 6 nitrogen and oxygen atoms in total. The maximum atomic E-state index is 9.48. The first-order valence-electron chi connectivity index (χ1n) is 4.25. The first kappa shape index (κ1) is 13.8. The van der Waals surface area contributed by atoms with Crippen molar-refractivity contribution in [2.24, 2.45) is 0 Å². The number of hydrogen-bond donors (Lipinski definition) is 4. The zero-order valence-corrected chi connectivity index (χ0v) is 8.33. The second-order valence-corrected chi connectivity index (χ2v) is 2.96. The van der Waals surface area contributed by atoms with Crippen LogP contribution in [0.5, 0.6) is 0 Å². The Labute approximate surface area is 82.7 Å². The second-order valence-electron chi connectivity index (χ2n) is 2.96. The molecule has 4 unspecified atom stereocenters. The van der Waals surface area contributed by atoms with E-state index in [4.69, 9.17) is 9.84 Å². The number of aliphatic hydroxyl groups excluding tert-OH is 4. The van der Waals surface area contributed by atoms with Crippen LogP contribution in [-0.2, 0) is 9.47 Å². The molecule has 0 amide bonds. The lowest BCUT2D eigenvalue weighted by atomic mass is 10.0. The molecule has 0 aliphatic rings. The van der Waals surface area contributed by atoms with E-state index in [1.54, 1.807) is 0 Å². The van der Waals surface area contributed by atoms with Gasteiger partial charge in [0.15, 0.2) is 0 Å². The minimum absolute atomic E-state index is 0.0703. The van der Waals surface area contributed by atoms with E-state index < -0.39 is 31.0 Å². The summed E-state index contributed by atoms with van der Waals surface area (Å²) in [5, 5.41) is 36.7. The van der Waals surface area contributed by atoms with Gasteiger partial charge in [0.05, 0.1) is 13.2 Å². The van der Waals surface area contributed by atoms with Crippen molar-refractivity contribution in [3.8, 4) is 0 Å².